The number of hydrogen-bond donors (Lipinski definition) is 2. The Balaban J connectivity index is 2.23. The lowest BCUT2D eigenvalue weighted by atomic mass is 10.2. The van der Waals surface area contributed by atoms with Gasteiger partial charge >= 0.3 is 6.03 Å². The van der Waals surface area contributed by atoms with Gasteiger partial charge in [0.15, 0.2) is 0 Å². The zero-order valence-corrected chi connectivity index (χ0v) is 11.7. The zero-order valence-electron chi connectivity index (χ0n) is 10.9. The first-order valence-corrected chi connectivity index (χ1v) is 7.47. The Morgan fingerprint density at radius 3 is 2.14 bits per heavy atom. The summed E-state index contributed by atoms with van der Waals surface area (Å²) in [6, 6.07) is 13.5. The molecule has 0 fully saturated rings. The van der Waals surface area contributed by atoms with Gasteiger partial charge in [-0.1, -0.05) is 30.3 Å². The smallest absolute Gasteiger partial charge is 0.332 e. The molecule has 0 aliphatic rings. The molecule has 21 heavy (non-hydrogen) atoms. The van der Waals surface area contributed by atoms with Gasteiger partial charge in [-0.2, -0.15) is 5.10 Å². The highest BCUT2D eigenvalue weighted by atomic mass is 32.2. The minimum Gasteiger partial charge on any atom is -0.350 e. The molecule has 2 aromatic carbocycles. The molecule has 0 aromatic heterocycles. The number of rotatable bonds is 4. The van der Waals surface area contributed by atoms with Crippen LogP contribution >= 0.6 is 0 Å². The van der Waals surface area contributed by atoms with Crippen LogP contribution in [0.4, 0.5) is 4.79 Å². The van der Waals surface area contributed by atoms with Crippen LogP contribution in [0.1, 0.15) is 5.56 Å². The van der Waals surface area contributed by atoms with Crippen molar-refractivity contribution in [2.75, 3.05) is 0 Å². The highest BCUT2D eigenvalue weighted by Crippen LogP contribution is 2.20. The van der Waals surface area contributed by atoms with Crippen LogP contribution in [0.2, 0.25) is 0 Å². The van der Waals surface area contributed by atoms with Gasteiger partial charge in [-0.3, -0.25) is 0 Å². The van der Waals surface area contributed by atoms with Gasteiger partial charge in [-0.25, -0.2) is 18.6 Å². The second kappa shape index (κ2) is 6.19. The Kier molecular flexibility index (Phi) is 4.34. The fourth-order valence-corrected chi connectivity index (χ4v) is 2.92. The first kappa shape index (κ1) is 14.7. The molecule has 2 rings (SSSR count). The van der Waals surface area contributed by atoms with Crippen molar-refractivity contribution in [1.82, 2.24) is 5.43 Å². The number of sulfone groups is 1. The van der Waals surface area contributed by atoms with Crippen LogP contribution in [-0.2, 0) is 9.84 Å². The Morgan fingerprint density at radius 2 is 1.57 bits per heavy atom. The standard InChI is InChI=1S/C14H13N3O3S/c15-14(18)17-16-10-11-6-8-13(9-7-11)21(19,20)12-4-2-1-3-5-12/h1-10H,(H3,15,17,18)/b16-10-. The summed E-state index contributed by atoms with van der Waals surface area (Å²) in [5.41, 5.74) is 7.55. The Hall–Kier alpha value is -2.67. The van der Waals surface area contributed by atoms with Crippen molar-refractivity contribution in [1.29, 1.82) is 0 Å². The van der Waals surface area contributed by atoms with Crippen molar-refractivity contribution in [2.45, 2.75) is 9.79 Å². The SMILES string of the molecule is NC(=O)N/N=C\c1ccc(S(=O)(=O)c2ccccc2)cc1. The maximum Gasteiger partial charge on any atom is 0.332 e. The Morgan fingerprint density at radius 1 is 1.00 bits per heavy atom. The number of nitrogens with zero attached hydrogens (tertiary/aromatic N) is 1. The van der Waals surface area contributed by atoms with Gasteiger partial charge < -0.3 is 5.73 Å². The van der Waals surface area contributed by atoms with E-state index in [9.17, 15) is 13.2 Å². The van der Waals surface area contributed by atoms with E-state index in [0.29, 0.717) is 5.56 Å². The molecule has 7 heteroatoms. The summed E-state index contributed by atoms with van der Waals surface area (Å²) in [6.07, 6.45) is 1.36. The molecule has 2 aromatic rings. The largest absolute Gasteiger partial charge is 0.350 e. The molecule has 6 nitrogen and oxygen atoms in total. The van der Waals surface area contributed by atoms with Crippen molar-refractivity contribution < 1.29 is 13.2 Å². The van der Waals surface area contributed by atoms with Crippen molar-refractivity contribution in [3.63, 3.8) is 0 Å². The molecule has 0 saturated heterocycles. The maximum atomic E-state index is 12.3. The zero-order chi connectivity index (χ0) is 15.3. The van der Waals surface area contributed by atoms with E-state index >= 15 is 0 Å². The third-order valence-corrected chi connectivity index (χ3v) is 4.42. The number of nitrogens with two attached hydrogens (primary N) is 1. The van der Waals surface area contributed by atoms with Gasteiger partial charge in [0.25, 0.3) is 0 Å². The van der Waals surface area contributed by atoms with Crippen LogP contribution in [0.25, 0.3) is 0 Å². The number of nitrogens with one attached hydrogen (secondary N) is 1. The van der Waals surface area contributed by atoms with Crippen molar-refractivity contribution in [3.8, 4) is 0 Å². The predicted molar refractivity (Wildman–Crippen MR) is 78.6 cm³/mol. The summed E-state index contributed by atoms with van der Waals surface area (Å²) in [5.74, 6) is 0. The van der Waals surface area contributed by atoms with E-state index < -0.39 is 15.9 Å². The maximum absolute atomic E-state index is 12.3. The van der Waals surface area contributed by atoms with Gasteiger partial charge in [-0.15, -0.1) is 0 Å². The molecule has 3 N–H and O–H groups in total. The molecule has 2 amide bonds. The lowest BCUT2D eigenvalue weighted by Gasteiger charge is -2.04. The number of carbonyl (C=O) groups is 1. The molecule has 0 unspecified atom stereocenters. The van der Waals surface area contributed by atoms with E-state index in [1.807, 2.05) is 0 Å². The number of hydrazone groups is 1. The molecule has 0 saturated carbocycles. The normalized spacial score (nSPS) is 11.4. The van der Waals surface area contributed by atoms with E-state index in [1.54, 1.807) is 42.5 Å². The fourth-order valence-electron chi connectivity index (χ4n) is 1.64. The highest BCUT2D eigenvalue weighted by Gasteiger charge is 2.16. The van der Waals surface area contributed by atoms with Gasteiger partial charge in [0, 0.05) is 0 Å². The topological polar surface area (TPSA) is 102 Å². The number of hydrogen-bond acceptors (Lipinski definition) is 4. The first-order valence-electron chi connectivity index (χ1n) is 5.99. The molecule has 0 aliphatic carbocycles. The third-order valence-electron chi connectivity index (χ3n) is 2.63. The molecular formula is C14H13N3O3S. The minimum atomic E-state index is -3.52. The summed E-state index contributed by atoms with van der Waals surface area (Å²) in [5, 5.41) is 3.59. The van der Waals surface area contributed by atoms with Gasteiger partial charge in [0.2, 0.25) is 9.84 Å². The van der Waals surface area contributed by atoms with E-state index in [0.717, 1.165) is 0 Å². The number of primary amides is 1. The van der Waals surface area contributed by atoms with Crippen LogP contribution in [0.15, 0.2) is 69.5 Å². The molecule has 0 heterocycles. The third kappa shape index (κ3) is 3.67. The van der Waals surface area contributed by atoms with Crippen molar-refractivity contribution >= 4 is 22.1 Å². The summed E-state index contributed by atoms with van der Waals surface area (Å²) in [6.45, 7) is 0. The number of amides is 2. The molecule has 0 aliphatic heterocycles. The highest BCUT2D eigenvalue weighted by molar-refractivity contribution is 7.91. The average molecular weight is 303 g/mol. The lowest BCUT2D eigenvalue weighted by Crippen LogP contribution is -2.24. The second-order valence-electron chi connectivity index (χ2n) is 4.12. The summed E-state index contributed by atoms with van der Waals surface area (Å²) >= 11 is 0. The number of carbonyl (C=O) groups excluding carboxylic acids is 1. The Labute approximate surface area is 122 Å². The molecule has 108 valence electrons. The van der Waals surface area contributed by atoms with Gasteiger partial charge in [-0.05, 0) is 29.8 Å². The predicted octanol–water partition coefficient (Wildman–Crippen LogP) is 1.52. The quantitative estimate of drug-likeness (QED) is 0.661. The van der Waals surface area contributed by atoms with E-state index in [2.05, 4.69) is 10.5 Å². The molecule has 0 atom stereocenters. The Bertz CT molecular complexity index is 754. The van der Waals surface area contributed by atoms with Gasteiger partial charge in [0.05, 0.1) is 16.0 Å². The van der Waals surface area contributed by atoms with Gasteiger partial charge in [0.1, 0.15) is 0 Å². The monoisotopic (exact) mass is 303 g/mol. The lowest BCUT2D eigenvalue weighted by molar-refractivity contribution is 0.249. The fraction of sp³-hybridized carbons (Fsp3) is 0. The summed E-state index contributed by atoms with van der Waals surface area (Å²) < 4.78 is 24.7. The van der Waals surface area contributed by atoms with E-state index in [1.165, 1.54) is 18.3 Å². The van der Waals surface area contributed by atoms with Crippen LogP contribution in [0.5, 0.6) is 0 Å². The van der Waals surface area contributed by atoms with Crippen LogP contribution in [0.3, 0.4) is 0 Å². The van der Waals surface area contributed by atoms with Crippen LogP contribution < -0.4 is 11.2 Å². The second-order valence-corrected chi connectivity index (χ2v) is 6.07. The first-order chi connectivity index (χ1) is 10.00. The molecule has 0 spiro atoms. The number of urea groups is 1. The summed E-state index contributed by atoms with van der Waals surface area (Å²) in [7, 11) is -3.52. The van der Waals surface area contributed by atoms with Crippen LogP contribution in [-0.4, -0.2) is 20.7 Å². The minimum absolute atomic E-state index is 0.189. The molecule has 0 bridgehead atoms. The van der Waals surface area contributed by atoms with E-state index in [-0.39, 0.29) is 9.79 Å². The van der Waals surface area contributed by atoms with Crippen molar-refractivity contribution in [2.24, 2.45) is 10.8 Å². The number of benzene rings is 2. The van der Waals surface area contributed by atoms with E-state index in [4.69, 9.17) is 5.73 Å². The average Bonchev–Trinajstić information content (AvgIpc) is 2.48. The van der Waals surface area contributed by atoms with Crippen molar-refractivity contribution in [3.05, 3.63) is 60.2 Å². The van der Waals surface area contributed by atoms with Crippen LogP contribution in [0, 0.1) is 0 Å². The molecular weight excluding hydrogens is 290 g/mol. The summed E-state index contributed by atoms with van der Waals surface area (Å²) in [4.78, 5) is 10.9. The molecule has 0 radical (unpaired) electrons.